The summed E-state index contributed by atoms with van der Waals surface area (Å²) >= 11 is 0. The Morgan fingerprint density at radius 2 is 2.11 bits per heavy atom. The molecular formula is C15H16O4. The van der Waals surface area contributed by atoms with E-state index in [0.717, 1.165) is 30.3 Å². The number of aldehydes is 1. The number of fused-ring (bicyclic) bond motifs is 3. The summed E-state index contributed by atoms with van der Waals surface area (Å²) in [5.41, 5.74) is 3.33. The quantitative estimate of drug-likeness (QED) is 0.312. The Kier molecular flexibility index (Phi) is 2.90. The van der Waals surface area contributed by atoms with Crippen LogP contribution in [-0.2, 0) is 19.1 Å². The molecule has 100 valence electrons. The SMILES string of the molecule is CC1=C2[C@@H](/C=C(\C)CC/C=C(/C=O)[C@H]3O[C@@H]23)OC1=O. The van der Waals surface area contributed by atoms with Crippen molar-refractivity contribution in [1.82, 2.24) is 0 Å². The summed E-state index contributed by atoms with van der Waals surface area (Å²) in [4.78, 5) is 22.8. The zero-order valence-corrected chi connectivity index (χ0v) is 11.0. The standard InChI is InChI=1S/C15H16O4/c1-8-4-3-5-10(7-16)13-14(19-13)12-9(2)15(17)18-11(12)6-8/h5-7,11,13-14H,3-4H2,1-2H3/b8-6+,10-5-/t11-,13-,14+/m1/s1. The second kappa shape index (κ2) is 4.46. The van der Waals surface area contributed by atoms with E-state index in [4.69, 9.17) is 9.47 Å². The fourth-order valence-corrected chi connectivity index (χ4v) is 2.74. The van der Waals surface area contributed by atoms with Crippen LogP contribution < -0.4 is 0 Å². The molecule has 2 aliphatic heterocycles. The molecular weight excluding hydrogens is 244 g/mol. The molecule has 0 saturated carbocycles. The monoisotopic (exact) mass is 260 g/mol. The van der Waals surface area contributed by atoms with Crippen molar-refractivity contribution < 1.29 is 19.1 Å². The lowest BCUT2D eigenvalue weighted by atomic mass is 9.94. The Bertz CT molecular complexity index is 538. The van der Waals surface area contributed by atoms with Crippen molar-refractivity contribution in [3.63, 3.8) is 0 Å². The van der Waals surface area contributed by atoms with Gasteiger partial charge in [0, 0.05) is 16.7 Å². The second-order valence-electron chi connectivity index (χ2n) is 5.26. The van der Waals surface area contributed by atoms with Gasteiger partial charge in [0.05, 0.1) is 0 Å². The molecule has 1 fully saturated rings. The van der Waals surface area contributed by atoms with Gasteiger partial charge in [0.25, 0.3) is 0 Å². The Morgan fingerprint density at radius 1 is 1.32 bits per heavy atom. The molecule has 0 N–H and O–H groups in total. The Balaban J connectivity index is 2.01. The van der Waals surface area contributed by atoms with Crippen LogP contribution in [0, 0.1) is 0 Å². The third-order valence-electron chi connectivity index (χ3n) is 3.90. The molecule has 3 rings (SSSR count). The van der Waals surface area contributed by atoms with Gasteiger partial charge in [-0.15, -0.1) is 0 Å². The first-order valence-corrected chi connectivity index (χ1v) is 6.51. The first kappa shape index (κ1) is 12.4. The van der Waals surface area contributed by atoms with Crippen LogP contribution in [-0.4, -0.2) is 30.6 Å². The van der Waals surface area contributed by atoms with Gasteiger partial charge in [-0.2, -0.15) is 0 Å². The fourth-order valence-electron chi connectivity index (χ4n) is 2.74. The summed E-state index contributed by atoms with van der Waals surface area (Å²) in [6, 6.07) is 0. The van der Waals surface area contributed by atoms with Gasteiger partial charge in [0.2, 0.25) is 0 Å². The average Bonchev–Trinajstić information content (AvgIpc) is 3.08. The largest absolute Gasteiger partial charge is 0.450 e. The van der Waals surface area contributed by atoms with Crippen LogP contribution in [0.2, 0.25) is 0 Å². The lowest BCUT2D eigenvalue weighted by molar-refractivity contribution is -0.138. The van der Waals surface area contributed by atoms with E-state index in [0.29, 0.717) is 11.1 Å². The van der Waals surface area contributed by atoms with Gasteiger partial charge in [-0.05, 0) is 32.8 Å². The molecule has 0 aromatic carbocycles. The number of carbonyl (C=O) groups is 2. The zero-order valence-electron chi connectivity index (χ0n) is 11.0. The molecule has 3 atom stereocenters. The number of hydrogen-bond donors (Lipinski definition) is 0. The summed E-state index contributed by atoms with van der Waals surface area (Å²) in [5, 5.41) is 0. The van der Waals surface area contributed by atoms with Gasteiger partial charge in [-0.25, -0.2) is 4.79 Å². The van der Waals surface area contributed by atoms with E-state index >= 15 is 0 Å². The van der Waals surface area contributed by atoms with E-state index in [-0.39, 0.29) is 24.3 Å². The molecule has 3 aliphatic rings. The Morgan fingerprint density at radius 3 is 2.84 bits per heavy atom. The smallest absolute Gasteiger partial charge is 0.334 e. The van der Waals surface area contributed by atoms with Gasteiger partial charge >= 0.3 is 5.97 Å². The molecule has 0 bridgehead atoms. The minimum absolute atomic E-state index is 0.185. The van der Waals surface area contributed by atoms with E-state index in [1.54, 1.807) is 6.92 Å². The van der Waals surface area contributed by atoms with Crippen molar-refractivity contribution >= 4 is 12.3 Å². The molecule has 0 spiro atoms. The molecule has 0 aromatic heterocycles. The highest BCUT2D eigenvalue weighted by Gasteiger charge is 2.50. The van der Waals surface area contributed by atoms with E-state index in [9.17, 15) is 9.59 Å². The van der Waals surface area contributed by atoms with Crippen LogP contribution in [0.3, 0.4) is 0 Å². The number of ether oxygens (including phenoxy) is 2. The van der Waals surface area contributed by atoms with Gasteiger partial charge in [0.15, 0.2) is 0 Å². The van der Waals surface area contributed by atoms with Crippen molar-refractivity contribution in [2.75, 3.05) is 0 Å². The summed E-state index contributed by atoms with van der Waals surface area (Å²) in [6.07, 6.45) is 5.73. The molecule has 4 nitrogen and oxygen atoms in total. The molecule has 0 radical (unpaired) electrons. The number of rotatable bonds is 1. The van der Waals surface area contributed by atoms with Crippen LogP contribution in [0.5, 0.6) is 0 Å². The first-order chi connectivity index (χ1) is 9.11. The maximum absolute atomic E-state index is 11.7. The van der Waals surface area contributed by atoms with Crippen LogP contribution in [0.4, 0.5) is 0 Å². The average molecular weight is 260 g/mol. The predicted molar refractivity (Wildman–Crippen MR) is 68.4 cm³/mol. The topological polar surface area (TPSA) is 55.9 Å². The number of hydrogen-bond acceptors (Lipinski definition) is 4. The number of esters is 1. The molecule has 19 heavy (non-hydrogen) atoms. The highest BCUT2D eigenvalue weighted by molar-refractivity contribution is 5.92. The first-order valence-electron chi connectivity index (χ1n) is 6.51. The third-order valence-corrected chi connectivity index (χ3v) is 3.90. The van der Waals surface area contributed by atoms with Gasteiger partial charge in [-0.1, -0.05) is 11.6 Å². The van der Waals surface area contributed by atoms with Crippen molar-refractivity contribution in [3.8, 4) is 0 Å². The van der Waals surface area contributed by atoms with Crippen molar-refractivity contribution in [3.05, 3.63) is 34.4 Å². The van der Waals surface area contributed by atoms with E-state index in [2.05, 4.69) is 0 Å². The normalized spacial score (nSPS) is 39.3. The van der Waals surface area contributed by atoms with E-state index in [1.807, 2.05) is 19.1 Å². The minimum atomic E-state index is -0.325. The van der Waals surface area contributed by atoms with Crippen LogP contribution >= 0.6 is 0 Å². The molecule has 0 aromatic rings. The molecule has 4 heteroatoms. The summed E-state index contributed by atoms with van der Waals surface area (Å²) in [5.74, 6) is -0.283. The highest BCUT2D eigenvalue weighted by Crippen LogP contribution is 2.42. The predicted octanol–water partition coefficient (Wildman–Crippen LogP) is 1.86. The van der Waals surface area contributed by atoms with Crippen LogP contribution in [0.15, 0.2) is 34.4 Å². The second-order valence-corrected chi connectivity index (χ2v) is 5.26. The fraction of sp³-hybridized carbons (Fsp3) is 0.467. The third kappa shape index (κ3) is 2.06. The molecule has 1 aliphatic carbocycles. The lowest BCUT2D eigenvalue weighted by Gasteiger charge is -2.11. The summed E-state index contributed by atoms with van der Waals surface area (Å²) in [7, 11) is 0. The van der Waals surface area contributed by atoms with Crippen molar-refractivity contribution in [1.29, 1.82) is 0 Å². The number of allylic oxidation sites excluding steroid dienone is 2. The highest BCUT2D eigenvalue weighted by atomic mass is 16.6. The van der Waals surface area contributed by atoms with Gasteiger partial charge < -0.3 is 9.47 Å². The molecule has 0 amide bonds. The van der Waals surface area contributed by atoms with Crippen LogP contribution in [0.25, 0.3) is 0 Å². The van der Waals surface area contributed by atoms with Crippen molar-refractivity contribution in [2.24, 2.45) is 0 Å². The molecule has 1 saturated heterocycles. The molecule has 0 unspecified atom stereocenters. The zero-order chi connectivity index (χ0) is 13.6. The summed E-state index contributed by atoms with van der Waals surface area (Å²) < 4.78 is 11.0. The van der Waals surface area contributed by atoms with Crippen LogP contribution in [0.1, 0.15) is 26.7 Å². The maximum atomic E-state index is 11.7. The van der Waals surface area contributed by atoms with E-state index < -0.39 is 0 Å². The van der Waals surface area contributed by atoms with E-state index in [1.165, 1.54) is 0 Å². The molecule has 2 heterocycles. The number of epoxide rings is 1. The van der Waals surface area contributed by atoms with Gasteiger partial charge in [0.1, 0.15) is 24.6 Å². The van der Waals surface area contributed by atoms with Gasteiger partial charge in [-0.3, -0.25) is 4.79 Å². The Labute approximate surface area is 111 Å². The summed E-state index contributed by atoms with van der Waals surface area (Å²) in [6.45, 7) is 3.77. The minimum Gasteiger partial charge on any atom is -0.450 e. The number of carbonyl (C=O) groups excluding carboxylic acids is 2. The van der Waals surface area contributed by atoms with Crippen molar-refractivity contribution in [2.45, 2.75) is 45.0 Å². The maximum Gasteiger partial charge on any atom is 0.334 e. The Hall–Kier alpha value is -1.68. The lowest BCUT2D eigenvalue weighted by Crippen LogP contribution is -2.15.